The Balaban J connectivity index is 1.83. The van der Waals surface area contributed by atoms with Crippen LogP contribution in [0.15, 0.2) is 18.2 Å². The van der Waals surface area contributed by atoms with Crippen molar-refractivity contribution in [2.24, 2.45) is 0 Å². The maximum atomic E-state index is 11.9. The molecule has 0 radical (unpaired) electrons. The third-order valence-corrected chi connectivity index (χ3v) is 3.57. The third kappa shape index (κ3) is 4.89. The van der Waals surface area contributed by atoms with Crippen LogP contribution in [-0.4, -0.2) is 33.0 Å². The van der Waals surface area contributed by atoms with Crippen LogP contribution in [-0.2, 0) is 11.2 Å². The van der Waals surface area contributed by atoms with Gasteiger partial charge in [0.05, 0.1) is 13.7 Å². The fourth-order valence-electron chi connectivity index (χ4n) is 2.62. The van der Waals surface area contributed by atoms with Crippen LogP contribution in [0, 0.1) is 0 Å². The minimum absolute atomic E-state index is 0.0570. The van der Waals surface area contributed by atoms with E-state index in [1.54, 1.807) is 7.11 Å². The van der Waals surface area contributed by atoms with Crippen molar-refractivity contribution in [2.45, 2.75) is 31.5 Å². The third-order valence-electron chi connectivity index (χ3n) is 3.57. The Kier molecular flexibility index (Phi) is 5.47. The summed E-state index contributed by atoms with van der Waals surface area (Å²) in [5.41, 5.74) is 2.45. The molecule has 1 aliphatic carbocycles. The molecular formula is C15H20F3NO2. The molecule has 1 aliphatic rings. The lowest BCUT2D eigenvalue weighted by Gasteiger charge is -2.27. The highest BCUT2D eigenvalue weighted by Gasteiger charge is 2.27. The first-order chi connectivity index (χ1) is 9.99. The number of aryl methyl sites for hydroxylation is 1. The van der Waals surface area contributed by atoms with Gasteiger partial charge in [0.1, 0.15) is 12.4 Å². The summed E-state index contributed by atoms with van der Waals surface area (Å²) >= 11 is 0. The summed E-state index contributed by atoms with van der Waals surface area (Å²) in [6, 6.07) is 6.15. The van der Waals surface area contributed by atoms with E-state index in [-0.39, 0.29) is 12.6 Å². The van der Waals surface area contributed by atoms with E-state index in [0.717, 1.165) is 25.0 Å². The molecule has 0 amide bonds. The summed E-state index contributed by atoms with van der Waals surface area (Å²) in [5.74, 6) is 0.836. The van der Waals surface area contributed by atoms with Crippen molar-refractivity contribution in [3.8, 4) is 5.75 Å². The topological polar surface area (TPSA) is 30.5 Å². The highest BCUT2D eigenvalue weighted by Crippen LogP contribution is 2.32. The molecule has 0 saturated heterocycles. The molecule has 0 spiro atoms. The van der Waals surface area contributed by atoms with E-state index in [1.165, 1.54) is 11.1 Å². The van der Waals surface area contributed by atoms with E-state index in [1.807, 2.05) is 18.2 Å². The van der Waals surface area contributed by atoms with Gasteiger partial charge in [-0.1, -0.05) is 6.07 Å². The Morgan fingerprint density at radius 1 is 1.33 bits per heavy atom. The van der Waals surface area contributed by atoms with Crippen LogP contribution in [0.5, 0.6) is 5.75 Å². The lowest BCUT2D eigenvalue weighted by Crippen LogP contribution is -2.29. The highest BCUT2D eigenvalue weighted by molar-refractivity contribution is 5.39. The van der Waals surface area contributed by atoms with Crippen molar-refractivity contribution >= 4 is 0 Å². The van der Waals surface area contributed by atoms with E-state index in [2.05, 4.69) is 10.1 Å². The molecule has 0 aromatic heterocycles. The zero-order valence-electron chi connectivity index (χ0n) is 12.0. The maximum Gasteiger partial charge on any atom is 0.411 e. The van der Waals surface area contributed by atoms with Crippen LogP contribution in [0.1, 0.15) is 30.0 Å². The first-order valence-electron chi connectivity index (χ1n) is 7.04. The summed E-state index contributed by atoms with van der Waals surface area (Å²) in [4.78, 5) is 0. The van der Waals surface area contributed by atoms with Gasteiger partial charge in [0, 0.05) is 12.6 Å². The van der Waals surface area contributed by atoms with Gasteiger partial charge in [0.2, 0.25) is 0 Å². The minimum atomic E-state index is -4.26. The van der Waals surface area contributed by atoms with Crippen molar-refractivity contribution in [2.75, 3.05) is 26.9 Å². The fourth-order valence-corrected chi connectivity index (χ4v) is 2.62. The predicted octanol–water partition coefficient (Wildman–Crippen LogP) is 3.24. The second-order valence-corrected chi connectivity index (χ2v) is 5.13. The number of nitrogens with one attached hydrogen (secondary N) is 1. The molecule has 118 valence electrons. The highest BCUT2D eigenvalue weighted by atomic mass is 19.4. The lowest BCUT2D eigenvalue weighted by molar-refractivity contribution is -0.173. The molecular weight excluding hydrogens is 283 g/mol. The van der Waals surface area contributed by atoms with E-state index in [9.17, 15) is 13.2 Å². The van der Waals surface area contributed by atoms with Gasteiger partial charge in [-0.15, -0.1) is 0 Å². The van der Waals surface area contributed by atoms with Gasteiger partial charge < -0.3 is 14.8 Å². The van der Waals surface area contributed by atoms with Crippen molar-refractivity contribution in [1.82, 2.24) is 5.32 Å². The Bertz CT molecular complexity index is 463. The molecule has 1 aromatic carbocycles. The molecule has 1 atom stereocenters. The van der Waals surface area contributed by atoms with Crippen molar-refractivity contribution in [3.05, 3.63) is 29.3 Å². The summed E-state index contributed by atoms with van der Waals surface area (Å²) in [6.07, 6.45) is -1.21. The summed E-state index contributed by atoms with van der Waals surface area (Å²) in [5, 5.41) is 3.27. The average molecular weight is 303 g/mol. The fraction of sp³-hybridized carbons (Fsp3) is 0.600. The molecule has 0 fully saturated rings. The number of fused-ring (bicyclic) bond motifs is 1. The normalized spacial score (nSPS) is 18.4. The Morgan fingerprint density at radius 3 is 2.86 bits per heavy atom. The number of hydrogen-bond acceptors (Lipinski definition) is 3. The Morgan fingerprint density at radius 2 is 2.14 bits per heavy atom. The first-order valence-corrected chi connectivity index (χ1v) is 7.04. The van der Waals surface area contributed by atoms with Gasteiger partial charge in [-0.3, -0.25) is 0 Å². The molecule has 0 heterocycles. The average Bonchev–Trinajstić information content (AvgIpc) is 2.45. The van der Waals surface area contributed by atoms with Gasteiger partial charge in [-0.2, -0.15) is 13.2 Å². The van der Waals surface area contributed by atoms with Crippen LogP contribution in [0.4, 0.5) is 13.2 Å². The molecule has 3 nitrogen and oxygen atoms in total. The molecule has 2 rings (SSSR count). The number of methoxy groups -OCH3 is 1. The van der Waals surface area contributed by atoms with Crippen molar-refractivity contribution in [1.29, 1.82) is 0 Å². The van der Waals surface area contributed by atoms with Crippen LogP contribution in [0.25, 0.3) is 0 Å². The van der Waals surface area contributed by atoms with Gasteiger partial charge in [-0.25, -0.2) is 0 Å². The maximum absolute atomic E-state index is 11.9. The SMILES string of the molecule is COc1ccc2c(c1)CCCC2NCCOCC(F)(F)F. The van der Waals surface area contributed by atoms with Gasteiger partial charge in [-0.05, 0) is 42.5 Å². The number of alkyl halides is 3. The van der Waals surface area contributed by atoms with Gasteiger partial charge in [0.25, 0.3) is 0 Å². The van der Waals surface area contributed by atoms with E-state index < -0.39 is 12.8 Å². The van der Waals surface area contributed by atoms with Gasteiger partial charge >= 0.3 is 6.18 Å². The molecule has 0 saturated carbocycles. The summed E-state index contributed by atoms with van der Waals surface area (Å²) in [7, 11) is 1.64. The molecule has 21 heavy (non-hydrogen) atoms. The standard InChI is InChI=1S/C15H20F3NO2/c1-20-12-5-6-13-11(9-12)3-2-4-14(13)19-7-8-21-10-15(16,17)18/h5-6,9,14,19H,2-4,7-8,10H2,1H3. The zero-order chi connectivity index (χ0) is 15.3. The van der Waals surface area contributed by atoms with Crippen molar-refractivity contribution in [3.63, 3.8) is 0 Å². The molecule has 6 heteroatoms. The molecule has 0 bridgehead atoms. The van der Waals surface area contributed by atoms with E-state index in [0.29, 0.717) is 6.54 Å². The summed E-state index contributed by atoms with van der Waals surface area (Å²) < 4.78 is 45.7. The Hall–Kier alpha value is -1.27. The quantitative estimate of drug-likeness (QED) is 0.818. The number of benzene rings is 1. The molecule has 1 aromatic rings. The number of hydrogen-bond donors (Lipinski definition) is 1. The van der Waals surface area contributed by atoms with Crippen LogP contribution < -0.4 is 10.1 Å². The van der Waals surface area contributed by atoms with Crippen LogP contribution >= 0.6 is 0 Å². The Labute approximate surface area is 122 Å². The van der Waals surface area contributed by atoms with Gasteiger partial charge in [0.15, 0.2) is 0 Å². The summed E-state index contributed by atoms with van der Waals surface area (Å²) in [6.45, 7) is -0.721. The minimum Gasteiger partial charge on any atom is -0.497 e. The molecule has 1 N–H and O–H groups in total. The predicted molar refractivity (Wildman–Crippen MR) is 73.5 cm³/mol. The monoisotopic (exact) mass is 303 g/mol. The first kappa shape index (κ1) is 16.1. The zero-order valence-corrected chi connectivity index (χ0v) is 12.0. The second kappa shape index (κ2) is 7.13. The lowest BCUT2D eigenvalue weighted by atomic mass is 9.87. The number of ether oxygens (including phenoxy) is 2. The van der Waals surface area contributed by atoms with E-state index >= 15 is 0 Å². The molecule has 1 unspecified atom stereocenters. The van der Waals surface area contributed by atoms with Crippen LogP contribution in [0.2, 0.25) is 0 Å². The second-order valence-electron chi connectivity index (χ2n) is 5.13. The van der Waals surface area contributed by atoms with Crippen LogP contribution in [0.3, 0.4) is 0 Å². The van der Waals surface area contributed by atoms with Crippen molar-refractivity contribution < 1.29 is 22.6 Å². The smallest absolute Gasteiger partial charge is 0.411 e. The largest absolute Gasteiger partial charge is 0.497 e. The van der Waals surface area contributed by atoms with E-state index in [4.69, 9.17) is 4.74 Å². The number of halogens is 3. The number of rotatable bonds is 6. The molecule has 0 aliphatic heterocycles.